The van der Waals surface area contributed by atoms with Gasteiger partial charge in [0, 0.05) is 13.0 Å². The lowest BCUT2D eigenvalue weighted by molar-refractivity contribution is -0.0890. The fraction of sp³-hybridized carbons (Fsp3) is 0.867. The van der Waals surface area contributed by atoms with Crippen LogP contribution in [-0.2, 0) is 9.47 Å². The molecule has 0 saturated carbocycles. The summed E-state index contributed by atoms with van der Waals surface area (Å²) in [6, 6.07) is 0. The van der Waals surface area contributed by atoms with E-state index < -0.39 is 0 Å². The van der Waals surface area contributed by atoms with E-state index in [2.05, 4.69) is 26.5 Å². The third-order valence-electron chi connectivity index (χ3n) is 3.16. The third-order valence-corrected chi connectivity index (χ3v) is 3.16. The minimum Gasteiger partial charge on any atom is -0.359 e. The molecule has 0 N–H and O–H groups in total. The van der Waals surface area contributed by atoms with Gasteiger partial charge in [-0.25, -0.2) is 0 Å². The molecular weight excluding hydrogens is 212 g/mol. The van der Waals surface area contributed by atoms with Crippen molar-refractivity contribution < 1.29 is 9.47 Å². The van der Waals surface area contributed by atoms with Crippen molar-refractivity contribution in [2.24, 2.45) is 5.92 Å². The average molecular weight is 242 g/mol. The van der Waals surface area contributed by atoms with Gasteiger partial charge >= 0.3 is 0 Å². The maximum Gasteiger partial charge on any atom is 0.146 e. The van der Waals surface area contributed by atoms with Gasteiger partial charge in [-0.3, -0.25) is 0 Å². The molecule has 102 valence electrons. The number of ether oxygens (including phenoxy) is 2. The zero-order chi connectivity index (χ0) is 12.9. The van der Waals surface area contributed by atoms with Crippen LogP contribution in [0.25, 0.3) is 0 Å². The standard InChI is InChI=1S/C15H30O2/c1-5-8-10-12-15(17-13-16-4)14(7-3)11-9-6-2/h7,14-15H,3,5-6,8-13H2,1-2,4H3/t14-,15+/m1/s1. The van der Waals surface area contributed by atoms with Crippen molar-refractivity contribution in [3.63, 3.8) is 0 Å². The zero-order valence-electron chi connectivity index (χ0n) is 11.9. The Morgan fingerprint density at radius 2 is 1.76 bits per heavy atom. The summed E-state index contributed by atoms with van der Waals surface area (Å²) in [6.45, 7) is 8.80. The quantitative estimate of drug-likeness (QED) is 0.284. The van der Waals surface area contributed by atoms with Crippen LogP contribution < -0.4 is 0 Å². The molecule has 2 nitrogen and oxygen atoms in total. The molecule has 0 bridgehead atoms. The predicted octanol–water partition coefficient (Wildman–Crippen LogP) is 4.55. The molecule has 2 heteroatoms. The minimum absolute atomic E-state index is 0.283. The van der Waals surface area contributed by atoms with Crippen molar-refractivity contribution in [1.82, 2.24) is 0 Å². The van der Waals surface area contributed by atoms with Crippen LogP contribution in [0.5, 0.6) is 0 Å². The van der Waals surface area contributed by atoms with E-state index in [1.807, 2.05) is 0 Å². The van der Waals surface area contributed by atoms with Crippen molar-refractivity contribution in [2.75, 3.05) is 13.9 Å². The maximum absolute atomic E-state index is 5.79. The van der Waals surface area contributed by atoms with Gasteiger partial charge in [-0.05, 0) is 12.8 Å². The summed E-state index contributed by atoms with van der Waals surface area (Å²) in [5.41, 5.74) is 0. The van der Waals surface area contributed by atoms with Gasteiger partial charge in [0.15, 0.2) is 0 Å². The number of hydrogen-bond donors (Lipinski definition) is 0. The normalized spacial score (nSPS) is 14.5. The second kappa shape index (κ2) is 12.1. The number of methoxy groups -OCH3 is 1. The van der Waals surface area contributed by atoms with Gasteiger partial charge < -0.3 is 9.47 Å². The molecule has 0 aromatic carbocycles. The summed E-state index contributed by atoms with van der Waals surface area (Å²) in [7, 11) is 1.68. The molecule has 0 aliphatic heterocycles. The predicted molar refractivity (Wildman–Crippen MR) is 74.1 cm³/mol. The SMILES string of the molecule is C=C[C@H](CCCC)[C@H](CCCCC)OCOC. The van der Waals surface area contributed by atoms with Crippen molar-refractivity contribution in [3.05, 3.63) is 12.7 Å². The lowest BCUT2D eigenvalue weighted by Crippen LogP contribution is -2.24. The molecule has 0 aliphatic rings. The molecule has 0 rings (SSSR count). The Morgan fingerprint density at radius 1 is 1.06 bits per heavy atom. The summed E-state index contributed by atoms with van der Waals surface area (Å²) >= 11 is 0. The van der Waals surface area contributed by atoms with Gasteiger partial charge in [-0.2, -0.15) is 0 Å². The highest BCUT2D eigenvalue weighted by atomic mass is 16.7. The fourth-order valence-electron chi connectivity index (χ4n) is 2.07. The Hall–Kier alpha value is -0.340. The van der Waals surface area contributed by atoms with Crippen molar-refractivity contribution in [2.45, 2.75) is 64.9 Å². The molecule has 0 spiro atoms. The van der Waals surface area contributed by atoms with Gasteiger partial charge in [-0.15, -0.1) is 6.58 Å². The van der Waals surface area contributed by atoms with Crippen LogP contribution >= 0.6 is 0 Å². The van der Waals surface area contributed by atoms with Crippen LogP contribution in [0.15, 0.2) is 12.7 Å². The minimum atomic E-state index is 0.283. The number of rotatable bonds is 12. The van der Waals surface area contributed by atoms with Crippen LogP contribution in [-0.4, -0.2) is 20.0 Å². The molecule has 0 unspecified atom stereocenters. The van der Waals surface area contributed by atoms with Gasteiger partial charge in [0.05, 0.1) is 6.10 Å². The van der Waals surface area contributed by atoms with E-state index in [-0.39, 0.29) is 6.10 Å². The molecule has 0 radical (unpaired) electrons. The molecule has 0 amide bonds. The molecule has 2 atom stereocenters. The van der Waals surface area contributed by atoms with Gasteiger partial charge in [0.2, 0.25) is 0 Å². The highest BCUT2D eigenvalue weighted by molar-refractivity contribution is 4.85. The first kappa shape index (κ1) is 16.7. The summed E-state index contributed by atoms with van der Waals surface area (Å²) in [6.07, 6.45) is 10.9. The van der Waals surface area contributed by atoms with E-state index in [9.17, 15) is 0 Å². The third kappa shape index (κ3) is 8.39. The molecule has 0 aliphatic carbocycles. The van der Waals surface area contributed by atoms with Gasteiger partial charge in [0.25, 0.3) is 0 Å². The first-order chi connectivity index (χ1) is 8.29. The molecule has 17 heavy (non-hydrogen) atoms. The average Bonchev–Trinajstić information content (AvgIpc) is 2.36. The van der Waals surface area contributed by atoms with Crippen LogP contribution in [0.4, 0.5) is 0 Å². The van der Waals surface area contributed by atoms with E-state index >= 15 is 0 Å². The van der Waals surface area contributed by atoms with E-state index in [1.165, 1.54) is 38.5 Å². The Bertz CT molecular complexity index is 168. The molecular formula is C15H30O2. The van der Waals surface area contributed by atoms with E-state index in [4.69, 9.17) is 9.47 Å². The highest BCUT2D eigenvalue weighted by Gasteiger charge is 2.18. The second-order valence-electron chi connectivity index (χ2n) is 4.65. The lowest BCUT2D eigenvalue weighted by atomic mass is 9.92. The Morgan fingerprint density at radius 3 is 2.29 bits per heavy atom. The summed E-state index contributed by atoms with van der Waals surface area (Å²) < 4.78 is 10.8. The van der Waals surface area contributed by atoms with E-state index in [1.54, 1.807) is 7.11 Å². The van der Waals surface area contributed by atoms with Crippen LogP contribution in [0.2, 0.25) is 0 Å². The zero-order valence-corrected chi connectivity index (χ0v) is 11.9. The van der Waals surface area contributed by atoms with E-state index in [0.29, 0.717) is 12.7 Å². The fourth-order valence-corrected chi connectivity index (χ4v) is 2.07. The van der Waals surface area contributed by atoms with Crippen molar-refractivity contribution in [3.8, 4) is 0 Å². The van der Waals surface area contributed by atoms with Crippen LogP contribution in [0.1, 0.15) is 58.8 Å². The van der Waals surface area contributed by atoms with Crippen LogP contribution in [0, 0.1) is 5.92 Å². The van der Waals surface area contributed by atoms with Gasteiger partial charge in [-0.1, -0.05) is 52.0 Å². The molecule has 0 aromatic heterocycles. The summed E-state index contributed by atoms with van der Waals surface area (Å²) in [4.78, 5) is 0. The van der Waals surface area contributed by atoms with E-state index in [0.717, 1.165) is 6.42 Å². The van der Waals surface area contributed by atoms with Gasteiger partial charge in [0.1, 0.15) is 6.79 Å². The highest BCUT2D eigenvalue weighted by Crippen LogP contribution is 2.22. The monoisotopic (exact) mass is 242 g/mol. The topological polar surface area (TPSA) is 18.5 Å². The van der Waals surface area contributed by atoms with Crippen molar-refractivity contribution >= 4 is 0 Å². The Kier molecular flexibility index (Phi) is 11.9. The van der Waals surface area contributed by atoms with Crippen molar-refractivity contribution in [1.29, 1.82) is 0 Å². The smallest absolute Gasteiger partial charge is 0.146 e. The largest absolute Gasteiger partial charge is 0.359 e. The molecule has 0 fully saturated rings. The van der Waals surface area contributed by atoms with Crippen LogP contribution in [0.3, 0.4) is 0 Å². The lowest BCUT2D eigenvalue weighted by Gasteiger charge is -2.24. The maximum atomic E-state index is 5.79. The molecule has 0 saturated heterocycles. The number of hydrogen-bond acceptors (Lipinski definition) is 2. The Balaban J connectivity index is 4.12. The first-order valence-electron chi connectivity index (χ1n) is 7.03. The summed E-state index contributed by atoms with van der Waals surface area (Å²) in [5, 5.41) is 0. The first-order valence-corrected chi connectivity index (χ1v) is 7.03. The molecule has 0 aromatic rings. The summed E-state index contributed by atoms with van der Waals surface area (Å²) in [5.74, 6) is 0.474. The molecule has 0 heterocycles. The Labute approximate surface area is 107 Å². The second-order valence-corrected chi connectivity index (χ2v) is 4.65. The number of unbranched alkanes of at least 4 members (excludes halogenated alkanes) is 3.